The lowest BCUT2D eigenvalue weighted by Crippen LogP contribution is -2.33. The van der Waals surface area contributed by atoms with Crippen molar-refractivity contribution in [3.63, 3.8) is 0 Å². The molecule has 3 heteroatoms. The molecule has 128 valence electrons. The van der Waals surface area contributed by atoms with Crippen molar-refractivity contribution >= 4 is 17.5 Å². The highest BCUT2D eigenvalue weighted by Crippen LogP contribution is 2.58. The lowest BCUT2D eigenvalue weighted by Gasteiger charge is -2.23. The van der Waals surface area contributed by atoms with E-state index in [1.54, 1.807) is 5.57 Å². The second kappa shape index (κ2) is 5.42. The fourth-order valence-electron chi connectivity index (χ4n) is 5.55. The van der Waals surface area contributed by atoms with Gasteiger partial charge in [-0.2, -0.15) is 0 Å². The van der Waals surface area contributed by atoms with Crippen LogP contribution < -0.4 is 4.90 Å². The third kappa shape index (κ3) is 1.98. The molecule has 2 saturated carbocycles. The number of carbonyl (C=O) groups excluding carboxylic acids is 2. The average Bonchev–Trinajstić information content (AvgIpc) is 3.27. The number of para-hydroxylation sites is 1. The van der Waals surface area contributed by atoms with Crippen LogP contribution in [0.5, 0.6) is 0 Å². The van der Waals surface area contributed by atoms with Crippen LogP contribution in [0.1, 0.15) is 37.7 Å². The minimum atomic E-state index is -0.175. The molecule has 2 bridgehead atoms. The molecule has 0 radical (unpaired) electrons. The van der Waals surface area contributed by atoms with Gasteiger partial charge in [0.15, 0.2) is 0 Å². The summed E-state index contributed by atoms with van der Waals surface area (Å²) in [5, 5.41) is 0. The molecule has 1 saturated heterocycles. The number of hydrogen-bond donors (Lipinski definition) is 0. The van der Waals surface area contributed by atoms with Crippen LogP contribution in [0.2, 0.25) is 0 Å². The zero-order valence-electron chi connectivity index (χ0n) is 14.6. The van der Waals surface area contributed by atoms with E-state index in [-0.39, 0.29) is 35.5 Å². The number of imide groups is 1. The molecule has 2 amide bonds. The van der Waals surface area contributed by atoms with Crippen LogP contribution in [-0.2, 0) is 9.59 Å². The monoisotopic (exact) mass is 333 g/mol. The predicted molar refractivity (Wildman–Crippen MR) is 96.9 cm³/mol. The maximum atomic E-state index is 13.2. The predicted octanol–water partition coefficient (Wildman–Crippen LogP) is 4.18. The fourth-order valence-corrected chi connectivity index (χ4v) is 5.55. The van der Waals surface area contributed by atoms with Crippen molar-refractivity contribution in [1.82, 2.24) is 0 Å². The van der Waals surface area contributed by atoms with E-state index in [1.165, 1.54) is 29.7 Å². The summed E-state index contributed by atoms with van der Waals surface area (Å²) in [6.07, 6.45) is 10.5. The standard InChI is InChI=1S/C22H23NO2/c1-13-7-5-6-10-17(13)23-21(24)19-15-11-12-16(20(19)22(23)25)18(15)14-8-3-2-4-9-14/h5-7,10-12,15-16,19-20H,2-4,8-9H2,1H3/t15-,16-,19-,20+/m0/s1. The van der Waals surface area contributed by atoms with Crippen molar-refractivity contribution in [3.05, 3.63) is 53.1 Å². The van der Waals surface area contributed by atoms with Gasteiger partial charge in [-0.15, -0.1) is 0 Å². The minimum absolute atomic E-state index is 0.00931. The molecule has 1 aromatic carbocycles. The third-order valence-corrected chi connectivity index (χ3v) is 6.64. The second-order valence-electron chi connectivity index (χ2n) is 7.91. The molecule has 4 aliphatic rings. The molecule has 4 atom stereocenters. The topological polar surface area (TPSA) is 37.4 Å². The first-order valence-electron chi connectivity index (χ1n) is 9.52. The zero-order valence-corrected chi connectivity index (χ0v) is 14.6. The molecule has 0 N–H and O–H groups in total. The van der Waals surface area contributed by atoms with Gasteiger partial charge >= 0.3 is 0 Å². The number of carbonyl (C=O) groups is 2. The molecular formula is C22H23NO2. The van der Waals surface area contributed by atoms with E-state index < -0.39 is 0 Å². The highest BCUT2D eigenvalue weighted by Gasteiger charge is 2.62. The maximum Gasteiger partial charge on any atom is 0.238 e. The Hall–Kier alpha value is -2.16. The van der Waals surface area contributed by atoms with Gasteiger partial charge in [0.1, 0.15) is 0 Å². The van der Waals surface area contributed by atoms with E-state index in [0.717, 1.165) is 24.1 Å². The molecule has 1 aromatic rings. The van der Waals surface area contributed by atoms with Gasteiger partial charge in [0.25, 0.3) is 0 Å². The summed E-state index contributed by atoms with van der Waals surface area (Å²) in [4.78, 5) is 27.9. The smallest absolute Gasteiger partial charge is 0.238 e. The molecule has 1 heterocycles. The van der Waals surface area contributed by atoms with Gasteiger partial charge in [-0.1, -0.05) is 47.9 Å². The highest BCUT2D eigenvalue weighted by atomic mass is 16.2. The molecule has 3 aliphatic carbocycles. The summed E-state index contributed by atoms with van der Waals surface area (Å²) in [6.45, 7) is 1.96. The first-order chi connectivity index (χ1) is 12.2. The lowest BCUT2D eigenvalue weighted by atomic mass is 9.85. The summed E-state index contributed by atoms with van der Waals surface area (Å²) in [6, 6.07) is 7.70. The van der Waals surface area contributed by atoms with E-state index in [0.29, 0.717) is 0 Å². The molecular weight excluding hydrogens is 310 g/mol. The largest absolute Gasteiger partial charge is 0.274 e. The van der Waals surface area contributed by atoms with Gasteiger partial charge in [0.05, 0.1) is 17.5 Å². The number of fused-ring (bicyclic) bond motifs is 5. The molecule has 0 spiro atoms. The molecule has 0 unspecified atom stereocenters. The van der Waals surface area contributed by atoms with Crippen molar-refractivity contribution in [1.29, 1.82) is 0 Å². The Morgan fingerprint density at radius 3 is 2.08 bits per heavy atom. The number of nitrogens with zero attached hydrogens (tertiary/aromatic N) is 1. The summed E-state index contributed by atoms with van der Waals surface area (Å²) in [7, 11) is 0. The Morgan fingerprint density at radius 2 is 1.48 bits per heavy atom. The van der Waals surface area contributed by atoms with E-state index in [9.17, 15) is 9.59 Å². The first-order valence-corrected chi connectivity index (χ1v) is 9.52. The Kier molecular flexibility index (Phi) is 3.28. The number of rotatable bonds is 1. The van der Waals surface area contributed by atoms with E-state index in [2.05, 4.69) is 12.2 Å². The lowest BCUT2D eigenvalue weighted by molar-refractivity contribution is -0.122. The summed E-state index contributed by atoms with van der Waals surface area (Å²) in [5.41, 5.74) is 4.72. The molecule has 1 aliphatic heterocycles. The first kappa shape index (κ1) is 15.1. The Labute approximate surface area is 148 Å². The summed E-state index contributed by atoms with van der Waals surface area (Å²) >= 11 is 0. The highest BCUT2D eigenvalue weighted by molar-refractivity contribution is 6.23. The van der Waals surface area contributed by atoms with Crippen molar-refractivity contribution < 1.29 is 9.59 Å². The van der Waals surface area contributed by atoms with Gasteiger partial charge < -0.3 is 0 Å². The van der Waals surface area contributed by atoms with Gasteiger partial charge in [-0.05, 0) is 44.2 Å². The number of anilines is 1. The van der Waals surface area contributed by atoms with Crippen LogP contribution in [0.3, 0.4) is 0 Å². The molecule has 5 rings (SSSR count). The SMILES string of the molecule is Cc1ccccc1N1C(=O)[C@@H]2[C@H](C1=O)[C@H]1C=C[C@H]2C1=C1CCCCC1. The molecule has 0 aromatic heterocycles. The second-order valence-corrected chi connectivity index (χ2v) is 7.91. The number of aryl methyl sites for hydroxylation is 1. The minimum Gasteiger partial charge on any atom is -0.274 e. The van der Waals surface area contributed by atoms with Crippen LogP contribution in [0, 0.1) is 30.6 Å². The van der Waals surface area contributed by atoms with E-state index in [4.69, 9.17) is 0 Å². The van der Waals surface area contributed by atoms with Gasteiger partial charge in [0, 0.05) is 11.8 Å². The van der Waals surface area contributed by atoms with Gasteiger partial charge in [0.2, 0.25) is 11.8 Å². The Morgan fingerprint density at radius 1 is 0.880 bits per heavy atom. The van der Waals surface area contributed by atoms with Crippen LogP contribution in [0.25, 0.3) is 0 Å². The molecule has 3 nitrogen and oxygen atoms in total. The van der Waals surface area contributed by atoms with E-state index >= 15 is 0 Å². The Bertz CT molecular complexity index is 792. The molecule has 3 fully saturated rings. The van der Waals surface area contributed by atoms with Gasteiger partial charge in [-0.25, -0.2) is 4.90 Å². The maximum absolute atomic E-state index is 13.2. The van der Waals surface area contributed by atoms with E-state index in [1.807, 2.05) is 31.2 Å². The van der Waals surface area contributed by atoms with Crippen molar-refractivity contribution in [3.8, 4) is 0 Å². The number of benzene rings is 1. The van der Waals surface area contributed by atoms with Crippen molar-refractivity contribution in [2.45, 2.75) is 39.0 Å². The number of amides is 2. The van der Waals surface area contributed by atoms with Crippen molar-refractivity contribution in [2.24, 2.45) is 23.7 Å². The van der Waals surface area contributed by atoms with Gasteiger partial charge in [-0.3, -0.25) is 9.59 Å². The van der Waals surface area contributed by atoms with Crippen molar-refractivity contribution in [2.75, 3.05) is 4.90 Å². The Balaban J connectivity index is 1.55. The van der Waals surface area contributed by atoms with Crippen LogP contribution in [0.4, 0.5) is 5.69 Å². The third-order valence-electron chi connectivity index (χ3n) is 6.64. The zero-order chi connectivity index (χ0) is 17.1. The average molecular weight is 333 g/mol. The summed E-state index contributed by atoms with van der Waals surface area (Å²) < 4.78 is 0. The van der Waals surface area contributed by atoms with Crippen LogP contribution in [-0.4, -0.2) is 11.8 Å². The fraction of sp³-hybridized carbons (Fsp3) is 0.455. The summed E-state index contributed by atoms with van der Waals surface area (Å²) in [5.74, 6) is -0.00896. The van der Waals surface area contributed by atoms with Crippen LogP contribution >= 0.6 is 0 Å². The number of hydrogen-bond acceptors (Lipinski definition) is 2. The molecule has 25 heavy (non-hydrogen) atoms. The number of allylic oxidation sites excluding steroid dienone is 4. The quantitative estimate of drug-likeness (QED) is 0.571. The van der Waals surface area contributed by atoms with Crippen LogP contribution in [0.15, 0.2) is 47.6 Å². The normalized spacial score (nSPS) is 33.6.